The lowest BCUT2D eigenvalue weighted by molar-refractivity contribution is -0.115. The SMILES string of the molecule is COc1cccc(Oc2ccc(NC(=O)C(C)Br)nc2)n1. The molecule has 1 unspecified atom stereocenters. The van der Waals surface area contributed by atoms with E-state index in [-0.39, 0.29) is 10.7 Å². The second-order valence-electron chi connectivity index (χ2n) is 4.10. The quantitative estimate of drug-likeness (QED) is 0.838. The van der Waals surface area contributed by atoms with Gasteiger partial charge in [0.1, 0.15) is 11.6 Å². The largest absolute Gasteiger partial charge is 0.481 e. The van der Waals surface area contributed by atoms with E-state index < -0.39 is 0 Å². The first-order valence-electron chi connectivity index (χ1n) is 6.18. The smallest absolute Gasteiger partial charge is 0.239 e. The third kappa shape index (κ3) is 4.42. The summed E-state index contributed by atoms with van der Waals surface area (Å²) >= 11 is 3.18. The second kappa shape index (κ2) is 7.03. The number of hydrogen-bond donors (Lipinski definition) is 1. The van der Waals surface area contributed by atoms with Gasteiger partial charge in [0, 0.05) is 12.1 Å². The number of carbonyl (C=O) groups excluding carboxylic acids is 1. The van der Waals surface area contributed by atoms with Gasteiger partial charge in [-0.15, -0.1) is 0 Å². The Kier molecular flexibility index (Phi) is 5.10. The molecule has 0 spiro atoms. The fourth-order valence-corrected chi connectivity index (χ4v) is 1.54. The number of carbonyl (C=O) groups is 1. The Morgan fingerprint density at radius 1 is 1.29 bits per heavy atom. The summed E-state index contributed by atoms with van der Waals surface area (Å²) in [5.74, 6) is 1.68. The van der Waals surface area contributed by atoms with Crippen LogP contribution in [0.3, 0.4) is 0 Å². The molecule has 0 aliphatic rings. The molecule has 6 nitrogen and oxygen atoms in total. The fourth-order valence-electron chi connectivity index (χ4n) is 1.43. The highest BCUT2D eigenvalue weighted by molar-refractivity contribution is 9.10. The van der Waals surface area contributed by atoms with Crippen molar-refractivity contribution in [2.45, 2.75) is 11.8 Å². The number of nitrogens with zero attached hydrogens (tertiary/aromatic N) is 2. The van der Waals surface area contributed by atoms with Gasteiger partial charge >= 0.3 is 0 Å². The number of nitrogens with one attached hydrogen (secondary N) is 1. The standard InChI is InChI=1S/C14H14BrN3O3/c1-9(15)14(19)17-11-7-6-10(8-16-11)21-13-5-3-4-12(18-13)20-2/h3-9H,1-2H3,(H,16,17,19). The Balaban J connectivity index is 2.03. The third-order valence-electron chi connectivity index (χ3n) is 2.48. The number of anilines is 1. The first kappa shape index (κ1) is 15.2. The van der Waals surface area contributed by atoms with E-state index in [0.29, 0.717) is 23.3 Å². The van der Waals surface area contributed by atoms with Gasteiger partial charge in [0.2, 0.25) is 17.7 Å². The Bertz CT molecular complexity index is 617. The lowest BCUT2D eigenvalue weighted by Gasteiger charge is -2.08. The maximum absolute atomic E-state index is 11.5. The molecule has 1 N–H and O–H groups in total. The van der Waals surface area contributed by atoms with E-state index >= 15 is 0 Å². The molecule has 0 aliphatic carbocycles. The van der Waals surface area contributed by atoms with Crippen LogP contribution in [-0.4, -0.2) is 27.8 Å². The summed E-state index contributed by atoms with van der Waals surface area (Å²) in [6, 6.07) is 8.57. The maximum Gasteiger partial charge on any atom is 0.239 e. The van der Waals surface area contributed by atoms with Crippen LogP contribution >= 0.6 is 15.9 Å². The lowest BCUT2D eigenvalue weighted by atomic mass is 10.4. The van der Waals surface area contributed by atoms with E-state index in [2.05, 4.69) is 31.2 Å². The molecule has 0 bridgehead atoms. The van der Waals surface area contributed by atoms with Gasteiger partial charge in [-0.3, -0.25) is 4.79 Å². The number of amides is 1. The van der Waals surface area contributed by atoms with Gasteiger partial charge < -0.3 is 14.8 Å². The molecule has 2 heterocycles. The Morgan fingerprint density at radius 2 is 2.05 bits per heavy atom. The number of pyridine rings is 2. The van der Waals surface area contributed by atoms with Crippen molar-refractivity contribution in [1.82, 2.24) is 9.97 Å². The van der Waals surface area contributed by atoms with E-state index in [4.69, 9.17) is 9.47 Å². The highest BCUT2D eigenvalue weighted by atomic mass is 79.9. The molecular formula is C14H14BrN3O3. The summed E-state index contributed by atoms with van der Waals surface area (Å²) in [5.41, 5.74) is 0. The third-order valence-corrected chi connectivity index (χ3v) is 2.89. The van der Waals surface area contributed by atoms with Crippen molar-refractivity contribution in [3.8, 4) is 17.5 Å². The van der Waals surface area contributed by atoms with E-state index in [0.717, 1.165) is 0 Å². The zero-order chi connectivity index (χ0) is 15.2. The Labute approximate surface area is 130 Å². The normalized spacial score (nSPS) is 11.6. The predicted octanol–water partition coefficient (Wildman–Crippen LogP) is 3.00. The zero-order valence-electron chi connectivity index (χ0n) is 11.5. The van der Waals surface area contributed by atoms with Crippen LogP contribution in [0.25, 0.3) is 0 Å². The average Bonchev–Trinajstić information content (AvgIpc) is 2.49. The van der Waals surface area contributed by atoms with Gasteiger partial charge in [0.25, 0.3) is 0 Å². The van der Waals surface area contributed by atoms with Crippen LogP contribution in [0.4, 0.5) is 5.82 Å². The molecule has 2 aromatic heterocycles. The molecule has 0 saturated heterocycles. The molecule has 2 rings (SSSR count). The molecule has 7 heteroatoms. The van der Waals surface area contributed by atoms with Crippen molar-refractivity contribution in [3.05, 3.63) is 36.5 Å². The summed E-state index contributed by atoms with van der Waals surface area (Å²) < 4.78 is 10.6. The van der Waals surface area contributed by atoms with E-state index in [1.165, 1.54) is 13.3 Å². The number of alkyl halides is 1. The van der Waals surface area contributed by atoms with Crippen LogP contribution in [0, 0.1) is 0 Å². The summed E-state index contributed by atoms with van der Waals surface area (Å²) in [7, 11) is 1.54. The van der Waals surface area contributed by atoms with Gasteiger partial charge in [-0.1, -0.05) is 22.0 Å². The zero-order valence-corrected chi connectivity index (χ0v) is 13.1. The molecule has 110 valence electrons. The highest BCUT2D eigenvalue weighted by Gasteiger charge is 2.09. The van der Waals surface area contributed by atoms with E-state index in [1.807, 2.05) is 0 Å². The van der Waals surface area contributed by atoms with Gasteiger partial charge in [-0.05, 0) is 19.1 Å². The summed E-state index contributed by atoms with van der Waals surface area (Å²) in [5, 5.41) is 2.66. The molecule has 21 heavy (non-hydrogen) atoms. The van der Waals surface area contributed by atoms with E-state index in [1.54, 1.807) is 37.3 Å². The number of methoxy groups -OCH3 is 1. The molecule has 0 radical (unpaired) electrons. The number of ether oxygens (including phenoxy) is 2. The van der Waals surface area contributed by atoms with Crippen molar-refractivity contribution >= 4 is 27.7 Å². The molecule has 0 fully saturated rings. The molecule has 0 aliphatic heterocycles. The summed E-state index contributed by atoms with van der Waals surface area (Å²) in [4.78, 5) is 19.5. The fraction of sp³-hybridized carbons (Fsp3) is 0.214. The Hall–Kier alpha value is -2.15. The predicted molar refractivity (Wildman–Crippen MR) is 82.1 cm³/mol. The van der Waals surface area contributed by atoms with Crippen LogP contribution in [0.15, 0.2) is 36.5 Å². The molecular weight excluding hydrogens is 338 g/mol. The van der Waals surface area contributed by atoms with Crippen LogP contribution in [0.2, 0.25) is 0 Å². The number of hydrogen-bond acceptors (Lipinski definition) is 5. The second-order valence-corrected chi connectivity index (χ2v) is 5.48. The number of halogens is 1. The van der Waals surface area contributed by atoms with Crippen LogP contribution in [0.5, 0.6) is 17.5 Å². The minimum atomic E-state index is -0.281. The van der Waals surface area contributed by atoms with Gasteiger partial charge in [-0.25, -0.2) is 4.98 Å². The highest BCUT2D eigenvalue weighted by Crippen LogP contribution is 2.21. The number of aromatic nitrogens is 2. The lowest BCUT2D eigenvalue weighted by Crippen LogP contribution is -2.20. The molecule has 0 aromatic carbocycles. The minimum absolute atomic E-state index is 0.161. The molecule has 0 saturated carbocycles. The van der Waals surface area contributed by atoms with Crippen LogP contribution in [-0.2, 0) is 4.79 Å². The monoisotopic (exact) mass is 351 g/mol. The first-order chi connectivity index (χ1) is 10.1. The van der Waals surface area contributed by atoms with Gasteiger partial charge in [0.15, 0.2) is 0 Å². The van der Waals surface area contributed by atoms with Crippen LogP contribution < -0.4 is 14.8 Å². The summed E-state index contributed by atoms with van der Waals surface area (Å²) in [6.07, 6.45) is 1.51. The van der Waals surface area contributed by atoms with Gasteiger partial charge in [0.05, 0.1) is 18.1 Å². The van der Waals surface area contributed by atoms with Crippen molar-refractivity contribution in [3.63, 3.8) is 0 Å². The minimum Gasteiger partial charge on any atom is -0.481 e. The molecule has 2 aromatic rings. The first-order valence-corrected chi connectivity index (χ1v) is 7.10. The van der Waals surface area contributed by atoms with E-state index in [9.17, 15) is 4.79 Å². The van der Waals surface area contributed by atoms with Crippen molar-refractivity contribution in [2.75, 3.05) is 12.4 Å². The number of rotatable bonds is 5. The maximum atomic E-state index is 11.5. The van der Waals surface area contributed by atoms with Crippen LogP contribution in [0.1, 0.15) is 6.92 Å². The average molecular weight is 352 g/mol. The van der Waals surface area contributed by atoms with Crippen molar-refractivity contribution in [2.24, 2.45) is 0 Å². The molecule has 1 amide bonds. The molecule has 1 atom stereocenters. The topological polar surface area (TPSA) is 73.3 Å². The van der Waals surface area contributed by atoms with Crippen molar-refractivity contribution < 1.29 is 14.3 Å². The van der Waals surface area contributed by atoms with Crippen molar-refractivity contribution in [1.29, 1.82) is 0 Å². The Morgan fingerprint density at radius 3 is 2.67 bits per heavy atom. The summed E-state index contributed by atoms with van der Waals surface area (Å²) in [6.45, 7) is 1.74. The van der Waals surface area contributed by atoms with Gasteiger partial charge in [-0.2, -0.15) is 4.98 Å².